The highest BCUT2D eigenvalue weighted by Gasteiger charge is 2.19. The average molecular weight is 212 g/mol. The minimum Gasteiger partial charge on any atom is -0.377 e. The number of nitrogens with zero attached hydrogens (tertiary/aromatic N) is 1. The standard InChI is InChI=1S/C12H24N2O/c1-11(14-6-2-3-7-14)9-13-10-12-5-4-8-15-12/h11-13H,2-10H2,1H3. The van der Waals surface area contributed by atoms with E-state index in [1.165, 1.54) is 38.8 Å². The number of hydrogen-bond donors (Lipinski definition) is 1. The highest BCUT2D eigenvalue weighted by Crippen LogP contribution is 2.12. The highest BCUT2D eigenvalue weighted by atomic mass is 16.5. The summed E-state index contributed by atoms with van der Waals surface area (Å²) in [6, 6.07) is 0.689. The lowest BCUT2D eigenvalue weighted by atomic mass is 10.2. The molecule has 0 spiro atoms. The molecule has 2 aliphatic heterocycles. The molecule has 2 rings (SSSR count). The van der Waals surface area contributed by atoms with E-state index in [1.807, 2.05) is 0 Å². The molecule has 0 aromatic rings. The summed E-state index contributed by atoms with van der Waals surface area (Å²) in [5.74, 6) is 0. The van der Waals surface area contributed by atoms with Gasteiger partial charge in [0.05, 0.1) is 6.10 Å². The van der Waals surface area contributed by atoms with E-state index in [1.54, 1.807) is 0 Å². The van der Waals surface area contributed by atoms with E-state index >= 15 is 0 Å². The number of ether oxygens (including phenoxy) is 1. The van der Waals surface area contributed by atoms with Crippen molar-refractivity contribution in [3.8, 4) is 0 Å². The van der Waals surface area contributed by atoms with Crippen LogP contribution in [0, 0.1) is 0 Å². The van der Waals surface area contributed by atoms with E-state index in [0.717, 1.165) is 19.7 Å². The van der Waals surface area contributed by atoms with Crippen LogP contribution in [0.2, 0.25) is 0 Å². The van der Waals surface area contributed by atoms with E-state index in [4.69, 9.17) is 4.74 Å². The third-order valence-corrected chi connectivity index (χ3v) is 3.60. The first-order valence-electron chi connectivity index (χ1n) is 6.42. The summed E-state index contributed by atoms with van der Waals surface area (Å²) in [5, 5.41) is 3.54. The second-order valence-corrected chi connectivity index (χ2v) is 4.89. The number of nitrogens with one attached hydrogen (secondary N) is 1. The smallest absolute Gasteiger partial charge is 0.0700 e. The Morgan fingerprint density at radius 1 is 1.33 bits per heavy atom. The molecule has 2 unspecified atom stereocenters. The molecule has 0 bridgehead atoms. The second-order valence-electron chi connectivity index (χ2n) is 4.89. The molecule has 1 N–H and O–H groups in total. The van der Waals surface area contributed by atoms with Gasteiger partial charge in [0.15, 0.2) is 0 Å². The van der Waals surface area contributed by atoms with E-state index in [0.29, 0.717) is 12.1 Å². The third kappa shape index (κ3) is 3.44. The van der Waals surface area contributed by atoms with Crippen LogP contribution in [0.5, 0.6) is 0 Å². The van der Waals surface area contributed by atoms with Crippen LogP contribution in [0.4, 0.5) is 0 Å². The van der Waals surface area contributed by atoms with Crippen molar-refractivity contribution in [2.75, 3.05) is 32.8 Å². The SMILES string of the molecule is CC(CNCC1CCCO1)N1CCCC1. The van der Waals surface area contributed by atoms with Gasteiger partial charge < -0.3 is 10.1 Å². The molecule has 0 amide bonds. The van der Waals surface area contributed by atoms with Gasteiger partial charge in [0.1, 0.15) is 0 Å². The Labute approximate surface area is 93.2 Å². The highest BCUT2D eigenvalue weighted by molar-refractivity contribution is 4.76. The molecule has 15 heavy (non-hydrogen) atoms. The molecule has 2 fully saturated rings. The van der Waals surface area contributed by atoms with Gasteiger partial charge in [0.25, 0.3) is 0 Å². The van der Waals surface area contributed by atoms with Gasteiger partial charge in [-0.1, -0.05) is 0 Å². The van der Waals surface area contributed by atoms with Gasteiger partial charge in [0, 0.05) is 25.7 Å². The Balaban J connectivity index is 1.56. The van der Waals surface area contributed by atoms with Crippen molar-refractivity contribution in [2.24, 2.45) is 0 Å². The monoisotopic (exact) mass is 212 g/mol. The van der Waals surface area contributed by atoms with Crippen LogP contribution >= 0.6 is 0 Å². The largest absolute Gasteiger partial charge is 0.377 e. The summed E-state index contributed by atoms with van der Waals surface area (Å²) in [4.78, 5) is 2.59. The number of hydrogen-bond acceptors (Lipinski definition) is 3. The van der Waals surface area contributed by atoms with Crippen molar-refractivity contribution in [3.05, 3.63) is 0 Å². The number of rotatable bonds is 5. The summed E-state index contributed by atoms with van der Waals surface area (Å²) in [6.07, 6.45) is 5.74. The lowest BCUT2D eigenvalue weighted by Gasteiger charge is -2.24. The Morgan fingerprint density at radius 3 is 2.80 bits per heavy atom. The fourth-order valence-corrected chi connectivity index (χ4v) is 2.57. The third-order valence-electron chi connectivity index (χ3n) is 3.60. The predicted octanol–water partition coefficient (Wildman–Crippen LogP) is 1.24. The molecule has 2 atom stereocenters. The molecule has 0 saturated carbocycles. The first kappa shape index (κ1) is 11.4. The van der Waals surface area contributed by atoms with Crippen LogP contribution < -0.4 is 5.32 Å². The van der Waals surface area contributed by atoms with Crippen molar-refractivity contribution in [1.82, 2.24) is 10.2 Å². The molecule has 0 radical (unpaired) electrons. The molecule has 3 nitrogen and oxygen atoms in total. The number of likely N-dealkylation sites (tertiary alicyclic amines) is 1. The Hall–Kier alpha value is -0.120. The minimum atomic E-state index is 0.482. The summed E-state index contributed by atoms with van der Waals surface area (Å²) in [5.41, 5.74) is 0. The first-order valence-corrected chi connectivity index (χ1v) is 6.42. The average Bonchev–Trinajstić information content (AvgIpc) is 2.90. The van der Waals surface area contributed by atoms with Crippen LogP contribution in [-0.2, 0) is 4.74 Å². The summed E-state index contributed by atoms with van der Waals surface area (Å²) >= 11 is 0. The lowest BCUT2D eigenvalue weighted by Crippen LogP contribution is -2.40. The normalized spacial score (nSPS) is 29.8. The summed E-state index contributed by atoms with van der Waals surface area (Å²) in [6.45, 7) is 8.03. The Bertz CT molecular complexity index is 174. The topological polar surface area (TPSA) is 24.5 Å². The maximum absolute atomic E-state index is 5.58. The van der Waals surface area contributed by atoms with Gasteiger partial charge in [-0.25, -0.2) is 0 Å². The van der Waals surface area contributed by atoms with Crippen LogP contribution in [0.25, 0.3) is 0 Å². The maximum atomic E-state index is 5.58. The van der Waals surface area contributed by atoms with E-state index in [-0.39, 0.29) is 0 Å². The molecular weight excluding hydrogens is 188 g/mol. The minimum absolute atomic E-state index is 0.482. The Kier molecular flexibility index (Phi) is 4.42. The summed E-state index contributed by atoms with van der Waals surface area (Å²) < 4.78 is 5.58. The van der Waals surface area contributed by atoms with Crippen molar-refractivity contribution >= 4 is 0 Å². The van der Waals surface area contributed by atoms with Crippen LogP contribution in [0.1, 0.15) is 32.6 Å². The van der Waals surface area contributed by atoms with Crippen LogP contribution in [0.3, 0.4) is 0 Å². The molecule has 0 aliphatic carbocycles. The zero-order chi connectivity index (χ0) is 10.5. The van der Waals surface area contributed by atoms with Crippen molar-refractivity contribution < 1.29 is 4.74 Å². The van der Waals surface area contributed by atoms with Crippen molar-refractivity contribution in [1.29, 1.82) is 0 Å². The molecule has 0 aromatic heterocycles. The Morgan fingerprint density at radius 2 is 2.13 bits per heavy atom. The molecule has 2 heterocycles. The first-order chi connectivity index (χ1) is 7.36. The van der Waals surface area contributed by atoms with Gasteiger partial charge in [-0.2, -0.15) is 0 Å². The van der Waals surface area contributed by atoms with Crippen LogP contribution in [0.15, 0.2) is 0 Å². The summed E-state index contributed by atoms with van der Waals surface area (Å²) in [7, 11) is 0. The van der Waals surface area contributed by atoms with Crippen molar-refractivity contribution in [3.63, 3.8) is 0 Å². The fraction of sp³-hybridized carbons (Fsp3) is 1.00. The molecule has 2 aliphatic rings. The van der Waals surface area contributed by atoms with Gasteiger partial charge in [-0.15, -0.1) is 0 Å². The lowest BCUT2D eigenvalue weighted by molar-refractivity contribution is 0.108. The van der Waals surface area contributed by atoms with Crippen molar-refractivity contribution in [2.45, 2.75) is 44.8 Å². The van der Waals surface area contributed by atoms with E-state index in [2.05, 4.69) is 17.1 Å². The zero-order valence-corrected chi connectivity index (χ0v) is 9.87. The van der Waals surface area contributed by atoms with Crippen LogP contribution in [-0.4, -0.2) is 49.8 Å². The van der Waals surface area contributed by atoms with E-state index < -0.39 is 0 Å². The fourth-order valence-electron chi connectivity index (χ4n) is 2.57. The van der Waals surface area contributed by atoms with Gasteiger partial charge in [0.2, 0.25) is 0 Å². The van der Waals surface area contributed by atoms with Gasteiger partial charge in [-0.3, -0.25) is 4.90 Å². The quantitative estimate of drug-likeness (QED) is 0.742. The second kappa shape index (κ2) is 5.83. The van der Waals surface area contributed by atoms with Gasteiger partial charge >= 0.3 is 0 Å². The molecule has 3 heteroatoms. The molecule has 0 aromatic carbocycles. The molecular formula is C12H24N2O. The molecule has 2 saturated heterocycles. The van der Waals surface area contributed by atoms with E-state index in [9.17, 15) is 0 Å². The predicted molar refractivity (Wildman–Crippen MR) is 62.1 cm³/mol. The molecule has 88 valence electrons. The zero-order valence-electron chi connectivity index (χ0n) is 9.87. The van der Waals surface area contributed by atoms with Gasteiger partial charge in [-0.05, 0) is 45.7 Å². The maximum Gasteiger partial charge on any atom is 0.0700 e.